The zero-order valence-corrected chi connectivity index (χ0v) is 19.4. The molecular weight excluding hydrogens is 485 g/mol. The van der Waals surface area contributed by atoms with Crippen LogP contribution in [-0.4, -0.2) is 18.9 Å². The number of halogens is 2. The maximum absolute atomic E-state index is 14.4. The highest BCUT2D eigenvalue weighted by Crippen LogP contribution is 2.22. The van der Waals surface area contributed by atoms with Crippen LogP contribution in [0.4, 0.5) is 10.1 Å². The molecule has 1 aromatic heterocycles. The van der Waals surface area contributed by atoms with Crippen LogP contribution in [-0.2, 0) is 16.6 Å². The van der Waals surface area contributed by atoms with Gasteiger partial charge in [0.05, 0.1) is 15.1 Å². The van der Waals surface area contributed by atoms with Crippen molar-refractivity contribution in [1.29, 1.82) is 0 Å². The number of nitrogens with one attached hydrogen (secondary N) is 1. The summed E-state index contributed by atoms with van der Waals surface area (Å²) >= 11 is 7.00. The Bertz CT molecular complexity index is 1540. The number of para-hydroxylation sites is 1. The summed E-state index contributed by atoms with van der Waals surface area (Å²) in [4.78, 5) is 17.4. The van der Waals surface area contributed by atoms with Crippen LogP contribution in [0.15, 0.2) is 89.3 Å². The lowest BCUT2D eigenvalue weighted by atomic mass is 10.2. The number of aromatic nitrogens is 1. The number of nitrogens with zero attached hydrogens (tertiary/aromatic N) is 2. The van der Waals surface area contributed by atoms with E-state index in [4.69, 9.17) is 11.6 Å². The normalized spacial score (nSPS) is 12.1. The SMILES string of the molecule is C=CCn1c(=NC(=O)c2cccc(NS(=O)(=O)c3ccc(Cl)cc3)c2)sc2cccc(F)c21. The first-order chi connectivity index (χ1) is 15.8. The molecule has 1 amide bonds. The van der Waals surface area contributed by atoms with Gasteiger partial charge in [0, 0.05) is 22.8 Å². The number of hydrogen-bond acceptors (Lipinski definition) is 4. The van der Waals surface area contributed by atoms with Crippen molar-refractivity contribution in [2.24, 2.45) is 4.99 Å². The predicted octanol–water partition coefficient (Wildman–Crippen LogP) is 5.22. The molecule has 3 aromatic carbocycles. The molecule has 4 rings (SSSR count). The lowest BCUT2D eigenvalue weighted by molar-refractivity contribution is 0.0998. The fourth-order valence-electron chi connectivity index (χ4n) is 3.17. The Balaban J connectivity index is 1.68. The van der Waals surface area contributed by atoms with Gasteiger partial charge >= 0.3 is 0 Å². The van der Waals surface area contributed by atoms with E-state index in [2.05, 4.69) is 16.3 Å². The van der Waals surface area contributed by atoms with Crippen molar-refractivity contribution < 1.29 is 17.6 Å². The number of thiazole rings is 1. The summed E-state index contributed by atoms with van der Waals surface area (Å²) in [5.41, 5.74) is 0.722. The molecule has 10 heteroatoms. The molecule has 33 heavy (non-hydrogen) atoms. The van der Waals surface area contributed by atoms with Gasteiger partial charge in [-0.1, -0.05) is 41.1 Å². The van der Waals surface area contributed by atoms with E-state index in [9.17, 15) is 17.6 Å². The second kappa shape index (κ2) is 9.30. The first kappa shape index (κ1) is 22.9. The molecule has 0 aliphatic rings. The first-order valence-corrected chi connectivity index (χ1v) is 12.3. The smallest absolute Gasteiger partial charge is 0.279 e. The molecule has 0 aliphatic carbocycles. The molecule has 6 nitrogen and oxygen atoms in total. The predicted molar refractivity (Wildman–Crippen MR) is 129 cm³/mol. The highest BCUT2D eigenvalue weighted by molar-refractivity contribution is 7.92. The van der Waals surface area contributed by atoms with E-state index in [0.29, 0.717) is 20.0 Å². The van der Waals surface area contributed by atoms with Crippen LogP contribution in [0.1, 0.15) is 10.4 Å². The summed E-state index contributed by atoms with van der Waals surface area (Å²) in [5.74, 6) is -1.01. The van der Waals surface area contributed by atoms with Crippen molar-refractivity contribution in [3.63, 3.8) is 0 Å². The third kappa shape index (κ3) is 4.90. The van der Waals surface area contributed by atoms with Gasteiger partial charge in [0.1, 0.15) is 5.82 Å². The Labute approximate surface area is 198 Å². The molecule has 0 aliphatic heterocycles. The standard InChI is InChI=1S/C23H17ClFN3O3S2/c1-2-13-28-21-19(25)7-4-8-20(21)32-23(28)26-22(29)15-5-3-6-17(14-15)27-33(30,31)18-11-9-16(24)10-12-18/h2-12,14,27H,1,13H2. The average Bonchev–Trinajstić information content (AvgIpc) is 3.12. The Morgan fingerprint density at radius 1 is 1.15 bits per heavy atom. The van der Waals surface area contributed by atoms with Gasteiger partial charge in [-0.05, 0) is 54.6 Å². The fraction of sp³-hybridized carbons (Fsp3) is 0.0435. The summed E-state index contributed by atoms with van der Waals surface area (Å²) in [5, 5.41) is 0.415. The van der Waals surface area contributed by atoms with Gasteiger partial charge in [-0.3, -0.25) is 9.52 Å². The monoisotopic (exact) mass is 501 g/mol. The third-order valence-electron chi connectivity index (χ3n) is 4.65. The number of hydrogen-bond donors (Lipinski definition) is 1. The molecule has 0 saturated heterocycles. The summed E-state index contributed by atoms with van der Waals surface area (Å²) in [7, 11) is -3.87. The molecule has 0 atom stereocenters. The van der Waals surface area contributed by atoms with Crippen molar-refractivity contribution >= 4 is 54.8 Å². The molecule has 0 bridgehead atoms. The number of carbonyl (C=O) groups is 1. The number of carbonyl (C=O) groups excluding carboxylic acids is 1. The van der Waals surface area contributed by atoms with Gasteiger partial charge in [0.2, 0.25) is 0 Å². The number of fused-ring (bicyclic) bond motifs is 1. The van der Waals surface area contributed by atoms with E-state index < -0.39 is 21.7 Å². The zero-order chi connectivity index (χ0) is 23.6. The lowest BCUT2D eigenvalue weighted by Gasteiger charge is -2.09. The molecule has 0 saturated carbocycles. The van der Waals surface area contributed by atoms with Gasteiger partial charge in [0.25, 0.3) is 15.9 Å². The van der Waals surface area contributed by atoms with Crippen molar-refractivity contribution in [2.45, 2.75) is 11.4 Å². The summed E-state index contributed by atoms with van der Waals surface area (Å²) in [6.45, 7) is 3.96. The van der Waals surface area contributed by atoms with Crippen LogP contribution in [0.2, 0.25) is 5.02 Å². The lowest BCUT2D eigenvalue weighted by Crippen LogP contribution is -2.17. The first-order valence-electron chi connectivity index (χ1n) is 9.65. The Hall–Kier alpha value is -3.27. The number of sulfonamides is 1. The van der Waals surface area contributed by atoms with Gasteiger partial charge < -0.3 is 4.57 Å². The van der Waals surface area contributed by atoms with E-state index in [1.165, 1.54) is 59.9 Å². The van der Waals surface area contributed by atoms with Crippen LogP contribution in [0.5, 0.6) is 0 Å². The molecule has 1 N–H and O–H groups in total. The molecule has 0 spiro atoms. The highest BCUT2D eigenvalue weighted by atomic mass is 35.5. The molecule has 1 heterocycles. The average molecular weight is 502 g/mol. The van der Waals surface area contributed by atoms with Crippen LogP contribution in [0.25, 0.3) is 10.2 Å². The maximum atomic E-state index is 14.4. The number of rotatable bonds is 6. The third-order valence-corrected chi connectivity index (χ3v) is 7.34. The van der Waals surface area contributed by atoms with Gasteiger partial charge in [0.15, 0.2) is 4.80 Å². The largest absolute Gasteiger partial charge is 0.310 e. The molecule has 0 fully saturated rings. The summed E-state index contributed by atoms with van der Waals surface area (Å²) in [6, 6.07) is 16.4. The zero-order valence-electron chi connectivity index (χ0n) is 17.0. The quantitative estimate of drug-likeness (QED) is 0.368. The topological polar surface area (TPSA) is 80.5 Å². The number of amides is 1. The van der Waals surface area contributed by atoms with Gasteiger partial charge in [-0.2, -0.15) is 4.99 Å². The molecule has 0 radical (unpaired) electrons. The molecular formula is C23H17ClFN3O3S2. The van der Waals surface area contributed by atoms with E-state index in [0.717, 1.165) is 0 Å². The van der Waals surface area contributed by atoms with Crippen LogP contribution < -0.4 is 9.52 Å². The fourth-order valence-corrected chi connectivity index (χ4v) is 5.39. The van der Waals surface area contributed by atoms with Crippen molar-refractivity contribution in [1.82, 2.24) is 4.57 Å². The molecule has 0 unspecified atom stereocenters. The van der Waals surface area contributed by atoms with E-state index >= 15 is 0 Å². The van der Waals surface area contributed by atoms with Crippen molar-refractivity contribution in [2.75, 3.05) is 4.72 Å². The van der Waals surface area contributed by atoms with E-state index in [-0.39, 0.29) is 22.7 Å². The van der Waals surface area contributed by atoms with Gasteiger partial charge in [-0.25, -0.2) is 12.8 Å². The minimum absolute atomic E-state index is 0.0334. The minimum Gasteiger partial charge on any atom is -0.310 e. The number of allylic oxidation sites excluding steroid dienone is 1. The van der Waals surface area contributed by atoms with Crippen molar-refractivity contribution in [3.05, 3.63) is 101 Å². The van der Waals surface area contributed by atoms with Gasteiger partial charge in [-0.15, -0.1) is 6.58 Å². The summed E-state index contributed by atoms with van der Waals surface area (Å²) in [6.07, 6.45) is 1.59. The number of benzene rings is 3. The van der Waals surface area contributed by atoms with Crippen LogP contribution >= 0.6 is 22.9 Å². The van der Waals surface area contributed by atoms with Crippen LogP contribution in [0.3, 0.4) is 0 Å². The molecule has 4 aromatic rings. The Morgan fingerprint density at radius 2 is 1.88 bits per heavy atom. The number of anilines is 1. The summed E-state index contributed by atoms with van der Waals surface area (Å²) < 4.78 is 44.3. The maximum Gasteiger partial charge on any atom is 0.279 e. The second-order valence-corrected chi connectivity index (χ2v) is 10.1. The second-order valence-electron chi connectivity index (χ2n) is 6.93. The van der Waals surface area contributed by atoms with Crippen LogP contribution in [0, 0.1) is 5.82 Å². The Kier molecular flexibility index (Phi) is 6.46. The van der Waals surface area contributed by atoms with E-state index in [1.54, 1.807) is 28.8 Å². The van der Waals surface area contributed by atoms with Crippen molar-refractivity contribution in [3.8, 4) is 0 Å². The molecule has 168 valence electrons. The Morgan fingerprint density at radius 3 is 2.61 bits per heavy atom. The minimum atomic E-state index is -3.87. The highest BCUT2D eigenvalue weighted by Gasteiger charge is 2.16. The van der Waals surface area contributed by atoms with E-state index in [1.807, 2.05) is 0 Å².